The molecule has 1 unspecified atom stereocenters. The molecule has 7 nitrogen and oxygen atoms in total. The number of benzene rings is 3. The van der Waals surface area contributed by atoms with Crippen molar-refractivity contribution in [1.82, 2.24) is 10.2 Å². The van der Waals surface area contributed by atoms with Gasteiger partial charge in [-0.05, 0) is 53.6 Å². The third-order valence-electron chi connectivity index (χ3n) is 5.82. The van der Waals surface area contributed by atoms with E-state index in [1.807, 2.05) is 35.2 Å². The molecule has 1 heterocycles. The van der Waals surface area contributed by atoms with Crippen LogP contribution in [0.4, 0.5) is 5.69 Å². The summed E-state index contributed by atoms with van der Waals surface area (Å²) >= 11 is 12.9. The number of rotatable bonds is 7. The van der Waals surface area contributed by atoms with Gasteiger partial charge in [-0.25, -0.2) is 0 Å². The largest absolute Gasteiger partial charge is 0.493 e. The lowest BCUT2D eigenvalue weighted by Gasteiger charge is -2.31. The van der Waals surface area contributed by atoms with Gasteiger partial charge in [0.2, 0.25) is 5.91 Å². The maximum atomic E-state index is 12.8. The standard InChI is InChI=1S/C26H25Cl2N3O4/c1-34-22-10-7-16(13-23(22)35-2)26(33)29-11-12-31-15-24(32)30-21-9-8-17(27)14-19(21)25(31)18-5-3-4-6-20(18)28/h3-10,13-14,25H,11-12,15H2,1-2H3,(H,29,33)(H,30,32). The topological polar surface area (TPSA) is 79.9 Å². The normalized spacial score (nSPS) is 15.5. The molecule has 0 aliphatic carbocycles. The minimum atomic E-state index is -0.339. The molecule has 2 amide bonds. The number of nitrogens with one attached hydrogen (secondary N) is 2. The van der Waals surface area contributed by atoms with E-state index >= 15 is 0 Å². The van der Waals surface area contributed by atoms with Crippen molar-refractivity contribution in [3.63, 3.8) is 0 Å². The summed E-state index contributed by atoms with van der Waals surface area (Å²) in [5, 5.41) is 7.01. The Morgan fingerprint density at radius 2 is 1.80 bits per heavy atom. The Labute approximate surface area is 213 Å². The number of anilines is 1. The van der Waals surface area contributed by atoms with Crippen molar-refractivity contribution >= 4 is 40.7 Å². The summed E-state index contributed by atoms with van der Waals surface area (Å²) < 4.78 is 10.5. The van der Waals surface area contributed by atoms with Gasteiger partial charge in [-0.3, -0.25) is 14.5 Å². The number of halogens is 2. The minimum absolute atomic E-state index is 0.119. The lowest BCUT2D eigenvalue weighted by Crippen LogP contribution is -2.40. The quantitative estimate of drug-likeness (QED) is 0.475. The van der Waals surface area contributed by atoms with Crippen molar-refractivity contribution in [2.24, 2.45) is 0 Å². The zero-order valence-electron chi connectivity index (χ0n) is 19.3. The van der Waals surface area contributed by atoms with Gasteiger partial charge in [-0.2, -0.15) is 0 Å². The zero-order chi connectivity index (χ0) is 24.9. The van der Waals surface area contributed by atoms with Crippen LogP contribution in [0.15, 0.2) is 60.7 Å². The first-order valence-electron chi connectivity index (χ1n) is 11.0. The van der Waals surface area contributed by atoms with E-state index in [9.17, 15) is 9.59 Å². The molecule has 1 atom stereocenters. The number of fused-ring (bicyclic) bond motifs is 1. The van der Waals surface area contributed by atoms with Crippen LogP contribution in [0.1, 0.15) is 27.5 Å². The second kappa shape index (κ2) is 11.0. The molecule has 1 aliphatic heterocycles. The van der Waals surface area contributed by atoms with Gasteiger partial charge in [0.1, 0.15) is 0 Å². The lowest BCUT2D eigenvalue weighted by molar-refractivity contribution is -0.117. The fourth-order valence-electron chi connectivity index (χ4n) is 4.20. The summed E-state index contributed by atoms with van der Waals surface area (Å²) in [6.45, 7) is 0.819. The molecule has 0 bridgehead atoms. The summed E-state index contributed by atoms with van der Waals surface area (Å²) in [4.78, 5) is 27.5. The molecular formula is C26H25Cl2N3O4. The molecule has 2 N–H and O–H groups in total. The van der Waals surface area contributed by atoms with Crippen LogP contribution in [0, 0.1) is 0 Å². The second-order valence-corrected chi connectivity index (χ2v) is 8.84. The number of carbonyl (C=O) groups excluding carboxylic acids is 2. The van der Waals surface area contributed by atoms with Crippen LogP contribution in [0.5, 0.6) is 11.5 Å². The van der Waals surface area contributed by atoms with Gasteiger partial charge in [0, 0.05) is 34.4 Å². The van der Waals surface area contributed by atoms with E-state index in [0.717, 1.165) is 11.1 Å². The average molecular weight is 514 g/mol. The first-order chi connectivity index (χ1) is 16.9. The number of hydrogen-bond acceptors (Lipinski definition) is 5. The Morgan fingerprint density at radius 3 is 2.54 bits per heavy atom. The van der Waals surface area contributed by atoms with Gasteiger partial charge in [0.25, 0.3) is 5.91 Å². The number of hydrogen-bond donors (Lipinski definition) is 2. The van der Waals surface area contributed by atoms with Gasteiger partial charge < -0.3 is 20.1 Å². The van der Waals surface area contributed by atoms with Crippen LogP contribution in [0.3, 0.4) is 0 Å². The molecule has 1 aliphatic rings. The Bertz CT molecular complexity index is 1250. The Balaban J connectivity index is 1.58. The molecule has 182 valence electrons. The van der Waals surface area contributed by atoms with Gasteiger partial charge >= 0.3 is 0 Å². The minimum Gasteiger partial charge on any atom is -0.493 e. The second-order valence-electron chi connectivity index (χ2n) is 8.00. The number of nitrogens with zero attached hydrogens (tertiary/aromatic N) is 1. The highest BCUT2D eigenvalue weighted by atomic mass is 35.5. The van der Waals surface area contributed by atoms with E-state index in [0.29, 0.717) is 45.9 Å². The predicted octanol–water partition coefficient (Wildman–Crippen LogP) is 4.78. The predicted molar refractivity (Wildman–Crippen MR) is 137 cm³/mol. The van der Waals surface area contributed by atoms with Crippen LogP contribution < -0.4 is 20.1 Å². The van der Waals surface area contributed by atoms with Gasteiger partial charge in [-0.15, -0.1) is 0 Å². The van der Waals surface area contributed by atoms with E-state index in [1.54, 1.807) is 30.3 Å². The highest BCUT2D eigenvalue weighted by Crippen LogP contribution is 2.39. The van der Waals surface area contributed by atoms with Crippen LogP contribution in [0.2, 0.25) is 10.0 Å². The van der Waals surface area contributed by atoms with Crippen LogP contribution in [-0.2, 0) is 4.79 Å². The van der Waals surface area contributed by atoms with Crippen LogP contribution in [0.25, 0.3) is 0 Å². The molecule has 0 radical (unpaired) electrons. The average Bonchev–Trinajstić information content (AvgIpc) is 2.99. The number of ether oxygens (including phenoxy) is 2. The van der Waals surface area contributed by atoms with Crippen molar-refractivity contribution in [3.05, 3.63) is 87.4 Å². The van der Waals surface area contributed by atoms with Gasteiger partial charge in [0.05, 0.1) is 26.8 Å². The molecular weight excluding hydrogens is 489 g/mol. The maximum absolute atomic E-state index is 12.8. The Hall–Kier alpha value is -3.26. The van der Waals surface area contributed by atoms with E-state index in [1.165, 1.54) is 14.2 Å². The van der Waals surface area contributed by atoms with Crippen molar-refractivity contribution in [2.45, 2.75) is 6.04 Å². The summed E-state index contributed by atoms with van der Waals surface area (Å²) in [6, 6.07) is 17.5. The van der Waals surface area contributed by atoms with Crippen molar-refractivity contribution in [3.8, 4) is 11.5 Å². The highest BCUT2D eigenvalue weighted by Gasteiger charge is 2.31. The van der Waals surface area contributed by atoms with Crippen molar-refractivity contribution in [2.75, 3.05) is 39.2 Å². The summed E-state index contributed by atoms with van der Waals surface area (Å²) in [5.41, 5.74) is 2.81. The Kier molecular flexibility index (Phi) is 7.80. The molecule has 9 heteroatoms. The van der Waals surface area contributed by atoms with E-state index in [4.69, 9.17) is 32.7 Å². The fourth-order valence-corrected chi connectivity index (χ4v) is 4.62. The number of amides is 2. The van der Waals surface area contributed by atoms with Crippen molar-refractivity contribution in [1.29, 1.82) is 0 Å². The lowest BCUT2D eigenvalue weighted by atomic mass is 9.95. The van der Waals surface area contributed by atoms with E-state index < -0.39 is 0 Å². The van der Waals surface area contributed by atoms with Gasteiger partial charge in [0.15, 0.2) is 11.5 Å². The smallest absolute Gasteiger partial charge is 0.251 e. The van der Waals surface area contributed by atoms with Crippen molar-refractivity contribution < 1.29 is 19.1 Å². The summed E-state index contributed by atoms with van der Waals surface area (Å²) in [7, 11) is 3.05. The fraction of sp³-hybridized carbons (Fsp3) is 0.231. The first kappa shape index (κ1) is 24.9. The maximum Gasteiger partial charge on any atom is 0.251 e. The number of methoxy groups -OCH3 is 2. The molecule has 3 aromatic rings. The molecule has 0 saturated carbocycles. The van der Waals surface area contributed by atoms with Crippen LogP contribution >= 0.6 is 23.2 Å². The Morgan fingerprint density at radius 1 is 1.03 bits per heavy atom. The van der Waals surface area contributed by atoms with E-state index in [2.05, 4.69) is 10.6 Å². The zero-order valence-corrected chi connectivity index (χ0v) is 20.8. The van der Waals surface area contributed by atoms with E-state index in [-0.39, 0.29) is 24.4 Å². The molecule has 3 aromatic carbocycles. The van der Waals surface area contributed by atoms with Gasteiger partial charge in [-0.1, -0.05) is 41.4 Å². The SMILES string of the molecule is COc1ccc(C(=O)NCCN2CC(=O)Nc3ccc(Cl)cc3C2c2ccccc2Cl)cc1OC. The molecule has 0 saturated heterocycles. The monoisotopic (exact) mass is 513 g/mol. The highest BCUT2D eigenvalue weighted by molar-refractivity contribution is 6.31. The molecule has 4 rings (SSSR count). The molecule has 35 heavy (non-hydrogen) atoms. The molecule has 0 aromatic heterocycles. The summed E-state index contributed by atoms with van der Waals surface area (Å²) in [6.07, 6.45) is 0. The molecule has 0 spiro atoms. The first-order valence-corrected chi connectivity index (χ1v) is 11.7. The summed E-state index contributed by atoms with van der Waals surface area (Å²) in [5.74, 6) is 0.591. The van der Waals surface area contributed by atoms with Crippen LogP contribution in [-0.4, -0.2) is 50.6 Å². The number of carbonyl (C=O) groups is 2. The molecule has 0 fully saturated rings. The third-order valence-corrected chi connectivity index (χ3v) is 6.40. The third kappa shape index (κ3) is 5.53.